The Hall–Kier alpha value is -1.45. The van der Waals surface area contributed by atoms with E-state index in [2.05, 4.69) is 24.1 Å². The SMILES string of the molecule is CCCNC(c1ccc(Cl)c(F)c1)C(C)c1ccncc1. The molecule has 0 radical (unpaired) electrons. The first-order chi connectivity index (χ1) is 10.1. The summed E-state index contributed by atoms with van der Waals surface area (Å²) in [7, 11) is 0. The highest BCUT2D eigenvalue weighted by atomic mass is 35.5. The summed E-state index contributed by atoms with van der Waals surface area (Å²) in [6, 6.07) is 9.06. The Morgan fingerprint density at radius 3 is 2.52 bits per heavy atom. The smallest absolute Gasteiger partial charge is 0.142 e. The molecule has 2 unspecified atom stereocenters. The highest BCUT2D eigenvalue weighted by Gasteiger charge is 2.21. The van der Waals surface area contributed by atoms with E-state index in [9.17, 15) is 4.39 Å². The predicted molar refractivity (Wildman–Crippen MR) is 85.1 cm³/mol. The summed E-state index contributed by atoms with van der Waals surface area (Å²) >= 11 is 5.78. The van der Waals surface area contributed by atoms with Gasteiger partial charge in [-0.25, -0.2) is 4.39 Å². The third-order valence-corrected chi connectivity index (χ3v) is 3.96. The molecule has 1 aromatic heterocycles. The first-order valence-electron chi connectivity index (χ1n) is 7.21. The van der Waals surface area contributed by atoms with Crippen molar-refractivity contribution >= 4 is 11.6 Å². The third-order valence-electron chi connectivity index (χ3n) is 3.65. The molecule has 0 amide bonds. The second kappa shape index (κ2) is 7.53. The molecule has 0 aliphatic rings. The molecular formula is C17H20ClFN2. The summed E-state index contributed by atoms with van der Waals surface area (Å²) in [5.41, 5.74) is 2.09. The van der Waals surface area contributed by atoms with Crippen molar-refractivity contribution in [3.63, 3.8) is 0 Å². The number of rotatable bonds is 6. The average molecular weight is 307 g/mol. The van der Waals surface area contributed by atoms with Crippen molar-refractivity contribution < 1.29 is 4.39 Å². The average Bonchev–Trinajstić information content (AvgIpc) is 2.51. The lowest BCUT2D eigenvalue weighted by Gasteiger charge is -2.26. The fourth-order valence-electron chi connectivity index (χ4n) is 2.45. The highest BCUT2D eigenvalue weighted by molar-refractivity contribution is 6.30. The van der Waals surface area contributed by atoms with E-state index in [0.717, 1.165) is 18.5 Å². The molecular weight excluding hydrogens is 287 g/mol. The van der Waals surface area contributed by atoms with E-state index >= 15 is 0 Å². The van der Waals surface area contributed by atoms with Crippen LogP contribution in [0, 0.1) is 5.82 Å². The van der Waals surface area contributed by atoms with Gasteiger partial charge >= 0.3 is 0 Å². The molecule has 21 heavy (non-hydrogen) atoms. The number of nitrogens with one attached hydrogen (secondary N) is 1. The molecule has 4 heteroatoms. The molecule has 2 nitrogen and oxygen atoms in total. The Morgan fingerprint density at radius 2 is 1.90 bits per heavy atom. The van der Waals surface area contributed by atoms with Crippen molar-refractivity contribution in [2.45, 2.75) is 32.2 Å². The molecule has 2 aromatic rings. The molecule has 0 aliphatic heterocycles. The Kier molecular flexibility index (Phi) is 5.71. The maximum Gasteiger partial charge on any atom is 0.142 e. The molecule has 0 saturated carbocycles. The van der Waals surface area contributed by atoms with Gasteiger partial charge in [-0.1, -0.05) is 31.5 Å². The molecule has 1 heterocycles. The molecule has 0 spiro atoms. The number of halogens is 2. The quantitative estimate of drug-likeness (QED) is 0.835. The van der Waals surface area contributed by atoms with E-state index in [-0.39, 0.29) is 22.8 Å². The van der Waals surface area contributed by atoms with Crippen LogP contribution in [0.15, 0.2) is 42.7 Å². The van der Waals surface area contributed by atoms with Gasteiger partial charge in [0.05, 0.1) is 5.02 Å². The third kappa shape index (κ3) is 4.02. The van der Waals surface area contributed by atoms with E-state index in [1.165, 1.54) is 11.6 Å². The summed E-state index contributed by atoms with van der Waals surface area (Å²) in [4.78, 5) is 4.05. The van der Waals surface area contributed by atoms with Crippen LogP contribution in [-0.4, -0.2) is 11.5 Å². The number of hydrogen-bond donors (Lipinski definition) is 1. The summed E-state index contributed by atoms with van der Waals surface area (Å²) in [6.07, 6.45) is 4.59. The van der Waals surface area contributed by atoms with E-state index < -0.39 is 0 Å². The summed E-state index contributed by atoms with van der Waals surface area (Å²) < 4.78 is 13.8. The maximum absolute atomic E-state index is 13.8. The van der Waals surface area contributed by atoms with E-state index in [4.69, 9.17) is 11.6 Å². The molecule has 0 saturated heterocycles. The van der Waals surface area contributed by atoms with Gasteiger partial charge in [-0.05, 0) is 48.4 Å². The van der Waals surface area contributed by atoms with E-state index in [1.54, 1.807) is 18.5 Å². The second-order valence-electron chi connectivity index (χ2n) is 5.17. The van der Waals surface area contributed by atoms with Crippen LogP contribution < -0.4 is 5.32 Å². The topological polar surface area (TPSA) is 24.9 Å². The van der Waals surface area contributed by atoms with Crippen molar-refractivity contribution in [2.75, 3.05) is 6.54 Å². The Balaban J connectivity index is 2.31. The largest absolute Gasteiger partial charge is 0.309 e. The zero-order chi connectivity index (χ0) is 15.2. The van der Waals surface area contributed by atoms with Crippen molar-refractivity contribution in [1.29, 1.82) is 0 Å². The molecule has 1 N–H and O–H groups in total. The minimum absolute atomic E-state index is 0.0408. The van der Waals surface area contributed by atoms with Crippen LogP contribution in [0.5, 0.6) is 0 Å². The van der Waals surface area contributed by atoms with Gasteiger partial charge in [0, 0.05) is 24.4 Å². The summed E-state index contributed by atoms with van der Waals surface area (Å²) in [6.45, 7) is 5.13. The van der Waals surface area contributed by atoms with Gasteiger partial charge in [0.2, 0.25) is 0 Å². The van der Waals surface area contributed by atoms with Gasteiger partial charge in [-0.2, -0.15) is 0 Å². The van der Waals surface area contributed by atoms with Crippen LogP contribution in [0.3, 0.4) is 0 Å². The second-order valence-corrected chi connectivity index (χ2v) is 5.58. The maximum atomic E-state index is 13.8. The number of nitrogens with zero attached hydrogens (tertiary/aromatic N) is 1. The van der Waals surface area contributed by atoms with Crippen LogP contribution in [0.1, 0.15) is 43.4 Å². The Bertz CT molecular complexity index is 574. The highest BCUT2D eigenvalue weighted by Crippen LogP contribution is 2.31. The minimum Gasteiger partial charge on any atom is -0.309 e. The lowest BCUT2D eigenvalue weighted by Crippen LogP contribution is -2.26. The first-order valence-corrected chi connectivity index (χ1v) is 7.59. The van der Waals surface area contributed by atoms with Crippen LogP contribution in [0.25, 0.3) is 0 Å². The fraction of sp³-hybridized carbons (Fsp3) is 0.353. The molecule has 2 atom stereocenters. The van der Waals surface area contributed by atoms with Gasteiger partial charge in [-0.3, -0.25) is 4.98 Å². The normalized spacial score (nSPS) is 13.9. The van der Waals surface area contributed by atoms with Crippen molar-refractivity contribution in [3.8, 4) is 0 Å². The molecule has 2 rings (SSSR count). The molecule has 0 fully saturated rings. The molecule has 1 aromatic carbocycles. The Labute approximate surface area is 130 Å². The van der Waals surface area contributed by atoms with E-state index in [0.29, 0.717) is 0 Å². The molecule has 0 aliphatic carbocycles. The van der Waals surface area contributed by atoms with Gasteiger partial charge in [-0.15, -0.1) is 0 Å². The van der Waals surface area contributed by atoms with Crippen molar-refractivity contribution in [1.82, 2.24) is 10.3 Å². The lowest BCUT2D eigenvalue weighted by atomic mass is 9.89. The van der Waals surface area contributed by atoms with Crippen LogP contribution in [0.4, 0.5) is 4.39 Å². The lowest BCUT2D eigenvalue weighted by molar-refractivity contribution is 0.463. The number of benzene rings is 1. The number of pyridine rings is 1. The van der Waals surface area contributed by atoms with Gasteiger partial charge < -0.3 is 5.32 Å². The number of hydrogen-bond acceptors (Lipinski definition) is 2. The van der Waals surface area contributed by atoms with Gasteiger partial charge in [0.15, 0.2) is 0 Å². The fourth-order valence-corrected chi connectivity index (χ4v) is 2.57. The first kappa shape index (κ1) is 15.9. The summed E-state index contributed by atoms with van der Waals surface area (Å²) in [5.74, 6) is -0.167. The van der Waals surface area contributed by atoms with Gasteiger partial charge in [0.1, 0.15) is 5.82 Å². The van der Waals surface area contributed by atoms with Crippen molar-refractivity contribution in [3.05, 3.63) is 64.7 Å². The van der Waals surface area contributed by atoms with Crippen LogP contribution in [0.2, 0.25) is 5.02 Å². The van der Waals surface area contributed by atoms with E-state index in [1.807, 2.05) is 18.2 Å². The monoisotopic (exact) mass is 306 g/mol. The predicted octanol–water partition coefficient (Wildman–Crippen LogP) is 4.72. The standard InChI is InChI=1S/C17H20ClFN2/c1-3-8-21-17(12(2)13-6-9-20-10-7-13)14-4-5-15(18)16(19)11-14/h4-7,9-12,17,21H,3,8H2,1-2H3. The molecule has 0 bridgehead atoms. The van der Waals surface area contributed by atoms with Gasteiger partial charge in [0.25, 0.3) is 0 Å². The van der Waals surface area contributed by atoms with Crippen molar-refractivity contribution in [2.24, 2.45) is 0 Å². The zero-order valence-electron chi connectivity index (χ0n) is 12.3. The minimum atomic E-state index is -0.376. The van der Waals surface area contributed by atoms with Crippen LogP contribution >= 0.6 is 11.6 Å². The summed E-state index contributed by atoms with van der Waals surface area (Å²) in [5, 5.41) is 3.66. The van der Waals surface area contributed by atoms with Crippen LogP contribution in [-0.2, 0) is 0 Å². The number of aromatic nitrogens is 1. The zero-order valence-corrected chi connectivity index (χ0v) is 13.1. The Morgan fingerprint density at radius 1 is 1.19 bits per heavy atom. The molecule has 112 valence electrons.